The van der Waals surface area contributed by atoms with Crippen LogP contribution in [0.2, 0.25) is 5.02 Å². The summed E-state index contributed by atoms with van der Waals surface area (Å²) in [6, 6.07) is 16.7. The van der Waals surface area contributed by atoms with Crippen LogP contribution in [-0.2, 0) is 11.8 Å². The van der Waals surface area contributed by atoms with Gasteiger partial charge in [0.15, 0.2) is 5.17 Å². The minimum absolute atomic E-state index is 0.146. The molecule has 1 fully saturated rings. The van der Waals surface area contributed by atoms with E-state index in [0.29, 0.717) is 31.5 Å². The van der Waals surface area contributed by atoms with E-state index >= 15 is 0 Å². The van der Waals surface area contributed by atoms with Crippen LogP contribution >= 0.6 is 34.7 Å². The third-order valence-corrected chi connectivity index (χ3v) is 7.21. The van der Waals surface area contributed by atoms with Crippen molar-refractivity contribution in [1.82, 2.24) is 19.7 Å². The third-order valence-electron chi connectivity index (χ3n) is 5.32. The topological polar surface area (TPSA) is 81.3 Å². The van der Waals surface area contributed by atoms with Gasteiger partial charge in [-0.1, -0.05) is 41.9 Å². The standard InChI is InChI=1S/C24H18ClN5O2S2/c1-14-20(22(32)30(29(14)2)17-6-4-3-5-7-17)18-13-33-23(26-18)28-24-27-21(31)19(34-24)12-15-8-10-16(25)11-9-15/h3-13H,1-2H3,(H,26,27,28,31)/b19-12-. The Bertz CT molecular complexity index is 1520. The molecule has 1 amide bonds. The highest BCUT2D eigenvalue weighted by atomic mass is 35.5. The smallest absolute Gasteiger partial charge is 0.281 e. The molecule has 2 aromatic heterocycles. The average Bonchev–Trinajstić information content (AvgIpc) is 3.48. The molecule has 1 N–H and O–H groups in total. The summed E-state index contributed by atoms with van der Waals surface area (Å²) >= 11 is 8.48. The molecular formula is C24H18ClN5O2S2. The van der Waals surface area contributed by atoms with E-state index in [1.807, 2.05) is 66.5 Å². The van der Waals surface area contributed by atoms with E-state index in [-0.39, 0.29) is 11.5 Å². The van der Waals surface area contributed by atoms with Crippen molar-refractivity contribution < 1.29 is 4.79 Å². The van der Waals surface area contributed by atoms with Gasteiger partial charge >= 0.3 is 0 Å². The first-order valence-corrected chi connectivity index (χ1v) is 12.3. The number of amidine groups is 1. The highest BCUT2D eigenvalue weighted by Crippen LogP contribution is 2.31. The Balaban J connectivity index is 1.43. The number of aromatic nitrogens is 3. The third kappa shape index (κ3) is 4.25. The average molecular weight is 508 g/mol. The number of hydrogen-bond acceptors (Lipinski definition) is 6. The van der Waals surface area contributed by atoms with Crippen molar-refractivity contribution in [3.8, 4) is 16.9 Å². The zero-order chi connectivity index (χ0) is 23.8. The lowest BCUT2D eigenvalue weighted by Gasteiger charge is -2.07. The van der Waals surface area contributed by atoms with E-state index in [4.69, 9.17) is 11.6 Å². The minimum Gasteiger partial charge on any atom is -0.300 e. The van der Waals surface area contributed by atoms with E-state index in [0.717, 1.165) is 16.9 Å². The van der Waals surface area contributed by atoms with Crippen LogP contribution in [0.1, 0.15) is 11.3 Å². The van der Waals surface area contributed by atoms with Crippen LogP contribution in [0.15, 0.2) is 74.7 Å². The van der Waals surface area contributed by atoms with E-state index in [1.165, 1.54) is 23.1 Å². The number of benzene rings is 2. The fraction of sp³-hybridized carbons (Fsp3) is 0.0833. The summed E-state index contributed by atoms with van der Waals surface area (Å²) in [5.74, 6) is -0.222. The normalized spacial score (nSPS) is 15.9. The Morgan fingerprint density at radius 2 is 1.82 bits per heavy atom. The number of halogens is 1. The van der Waals surface area contributed by atoms with Gasteiger partial charge in [-0.2, -0.15) is 4.99 Å². The van der Waals surface area contributed by atoms with Crippen molar-refractivity contribution in [3.63, 3.8) is 0 Å². The van der Waals surface area contributed by atoms with E-state index in [9.17, 15) is 9.59 Å². The quantitative estimate of drug-likeness (QED) is 0.387. The first-order valence-electron chi connectivity index (χ1n) is 10.3. The van der Waals surface area contributed by atoms with Crippen LogP contribution in [0.25, 0.3) is 23.0 Å². The van der Waals surface area contributed by atoms with Crippen molar-refractivity contribution in [2.45, 2.75) is 6.92 Å². The van der Waals surface area contributed by atoms with Crippen LogP contribution in [0.4, 0.5) is 5.13 Å². The zero-order valence-electron chi connectivity index (χ0n) is 18.2. The molecule has 170 valence electrons. The zero-order valence-corrected chi connectivity index (χ0v) is 20.5. The van der Waals surface area contributed by atoms with Gasteiger partial charge in [0.2, 0.25) is 5.13 Å². The van der Waals surface area contributed by atoms with Gasteiger partial charge in [-0.25, -0.2) is 9.67 Å². The number of para-hydroxylation sites is 1. The maximum absolute atomic E-state index is 13.2. The predicted octanol–water partition coefficient (Wildman–Crippen LogP) is 5.15. The lowest BCUT2D eigenvalue weighted by atomic mass is 10.2. The van der Waals surface area contributed by atoms with Gasteiger partial charge in [0.1, 0.15) is 0 Å². The predicted molar refractivity (Wildman–Crippen MR) is 139 cm³/mol. The molecule has 0 saturated carbocycles. The minimum atomic E-state index is -0.222. The molecule has 7 nitrogen and oxygen atoms in total. The lowest BCUT2D eigenvalue weighted by Crippen LogP contribution is -2.20. The number of rotatable bonds is 4. The highest BCUT2D eigenvalue weighted by molar-refractivity contribution is 8.18. The molecule has 0 radical (unpaired) electrons. The van der Waals surface area contributed by atoms with Gasteiger partial charge in [-0.05, 0) is 54.6 Å². The Kier molecular flexibility index (Phi) is 5.99. The van der Waals surface area contributed by atoms with Crippen LogP contribution in [0.3, 0.4) is 0 Å². The fourth-order valence-corrected chi connectivity index (χ4v) is 5.26. The number of thiazole rings is 1. The van der Waals surface area contributed by atoms with Crippen molar-refractivity contribution in [2.24, 2.45) is 12.0 Å². The maximum atomic E-state index is 13.2. The van der Waals surface area contributed by atoms with Crippen molar-refractivity contribution in [3.05, 3.63) is 91.5 Å². The first kappa shape index (κ1) is 22.4. The fourth-order valence-electron chi connectivity index (χ4n) is 3.57. The van der Waals surface area contributed by atoms with Crippen molar-refractivity contribution in [2.75, 3.05) is 0 Å². The van der Waals surface area contributed by atoms with Crippen LogP contribution in [0, 0.1) is 6.92 Å². The molecule has 1 aliphatic rings. The molecule has 0 bridgehead atoms. The number of thioether (sulfide) groups is 1. The van der Waals surface area contributed by atoms with Crippen molar-refractivity contribution in [1.29, 1.82) is 0 Å². The maximum Gasteiger partial charge on any atom is 0.281 e. The molecule has 5 rings (SSSR count). The molecular weight excluding hydrogens is 490 g/mol. The summed E-state index contributed by atoms with van der Waals surface area (Å²) < 4.78 is 3.44. The number of carbonyl (C=O) groups is 1. The summed E-state index contributed by atoms with van der Waals surface area (Å²) in [6.07, 6.45) is 1.78. The molecule has 1 aliphatic heterocycles. The van der Waals surface area contributed by atoms with E-state index < -0.39 is 0 Å². The largest absolute Gasteiger partial charge is 0.300 e. The molecule has 4 aromatic rings. The Morgan fingerprint density at radius 3 is 2.56 bits per heavy atom. The summed E-state index contributed by atoms with van der Waals surface area (Å²) in [6.45, 7) is 1.89. The van der Waals surface area contributed by atoms with Gasteiger partial charge < -0.3 is 5.32 Å². The molecule has 0 atom stereocenters. The monoisotopic (exact) mass is 507 g/mol. The van der Waals surface area contributed by atoms with Crippen LogP contribution < -0.4 is 10.9 Å². The number of amides is 1. The van der Waals surface area contributed by atoms with Crippen LogP contribution in [0.5, 0.6) is 0 Å². The number of carbonyl (C=O) groups excluding carboxylic acids is 1. The molecule has 34 heavy (non-hydrogen) atoms. The molecule has 2 aromatic carbocycles. The van der Waals surface area contributed by atoms with Crippen molar-refractivity contribution >= 4 is 57.0 Å². The van der Waals surface area contributed by atoms with E-state index in [2.05, 4.69) is 15.3 Å². The molecule has 0 spiro atoms. The summed E-state index contributed by atoms with van der Waals surface area (Å²) in [5, 5.41) is 6.11. The molecule has 3 heterocycles. The van der Waals surface area contributed by atoms with Gasteiger partial charge in [-0.15, -0.1) is 11.3 Å². The number of hydrogen-bond donors (Lipinski definition) is 1. The summed E-state index contributed by atoms with van der Waals surface area (Å²) in [7, 11) is 1.85. The summed E-state index contributed by atoms with van der Waals surface area (Å²) in [4.78, 5) is 35.2. The van der Waals surface area contributed by atoms with Gasteiger partial charge in [0.05, 0.1) is 21.8 Å². The second-order valence-corrected chi connectivity index (χ2v) is 9.79. The Hall–Kier alpha value is -3.40. The number of nitrogens with one attached hydrogen (secondary N) is 1. The SMILES string of the molecule is Cc1c(-c2csc(/N=C3\NC(=O)/C(=C/c4ccc(Cl)cc4)S3)n2)c(=O)n(-c2ccccc2)n1C. The second kappa shape index (κ2) is 9.09. The first-order chi connectivity index (χ1) is 16.4. The Morgan fingerprint density at radius 1 is 1.09 bits per heavy atom. The number of aliphatic imine (C=N–C) groups is 1. The van der Waals surface area contributed by atoms with Gasteiger partial charge in [0.25, 0.3) is 11.5 Å². The summed E-state index contributed by atoms with van der Waals surface area (Å²) in [5.41, 5.74) is 3.39. The molecule has 1 saturated heterocycles. The number of nitrogens with zero attached hydrogens (tertiary/aromatic N) is 4. The van der Waals surface area contributed by atoms with Gasteiger partial charge in [-0.3, -0.25) is 14.3 Å². The molecule has 10 heteroatoms. The highest BCUT2D eigenvalue weighted by Gasteiger charge is 2.25. The molecule has 0 unspecified atom stereocenters. The Labute approximate surface area is 208 Å². The van der Waals surface area contributed by atoms with Gasteiger partial charge in [0, 0.05) is 23.1 Å². The van der Waals surface area contributed by atoms with Crippen LogP contribution in [-0.4, -0.2) is 25.4 Å². The lowest BCUT2D eigenvalue weighted by molar-refractivity contribution is -0.115. The molecule has 0 aliphatic carbocycles. The van der Waals surface area contributed by atoms with E-state index in [1.54, 1.807) is 22.9 Å². The second-order valence-electron chi connectivity index (χ2n) is 7.49.